The van der Waals surface area contributed by atoms with Crippen LogP contribution < -0.4 is 11.1 Å². The monoisotopic (exact) mass is 198 g/mol. The van der Waals surface area contributed by atoms with Gasteiger partial charge in [0.15, 0.2) is 0 Å². The highest BCUT2D eigenvalue weighted by Crippen LogP contribution is 2.25. The summed E-state index contributed by atoms with van der Waals surface area (Å²) in [5.41, 5.74) is 5.32. The summed E-state index contributed by atoms with van der Waals surface area (Å²) in [5.74, 6) is 0.764. The van der Waals surface area contributed by atoms with Gasteiger partial charge in [-0.05, 0) is 31.7 Å². The van der Waals surface area contributed by atoms with E-state index in [4.69, 9.17) is 5.73 Å². The second-order valence-corrected chi connectivity index (χ2v) is 5.34. The van der Waals surface area contributed by atoms with E-state index in [0.717, 1.165) is 25.8 Å². The molecule has 1 amide bonds. The number of carbonyl (C=O) groups is 1. The van der Waals surface area contributed by atoms with Gasteiger partial charge in [0.1, 0.15) is 0 Å². The number of hydrogen-bond acceptors (Lipinski definition) is 2. The van der Waals surface area contributed by atoms with Gasteiger partial charge < -0.3 is 11.1 Å². The fourth-order valence-corrected chi connectivity index (χ4v) is 1.82. The van der Waals surface area contributed by atoms with Crippen molar-refractivity contribution in [3.05, 3.63) is 0 Å². The molecule has 3 heteroatoms. The fraction of sp³-hybridized carbons (Fsp3) is 0.909. The van der Waals surface area contributed by atoms with Crippen molar-refractivity contribution in [2.75, 3.05) is 6.54 Å². The first-order valence-corrected chi connectivity index (χ1v) is 5.44. The van der Waals surface area contributed by atoms with E-state index in [0.29, 0.717) is 12.0 Å². The summed E-state index contributed by atoms with van der Waals surface area (Å²) in [6.07, 6.45) is 3.30. The predicted molar refractivity (Wildman–Crippen MR) is 57.8 cm³/mol. The Morgan fingerprint density at radius 1 is 1.43 bits per heavy atom. The van der Waals surface area contributed by atoms with Crippen LogP contribution >= 0.6 is 0 Å². The lowest BCUT2D eigenvalue weighted by molar-refractivity contribution is -0.129. The summed E-state index contributed by atoms with van der Waals surface area (Å²) in [6.45, 7) is 6.58. The Balaban J connectivity index is 2.36. The van der Waals surface area contributed by atoms with Crippen LogP contribution in [0.4, 0.5) is 0 Å². The maximum atomic E-state index is 11.7. The molecule has 3 N–H and O–H groups in total. The zero-order valence-corrected chi connectivity index (χ0v) is 9.47. The summed E-state index contributed by atoms with van der Waals surface area (Å²) in [7, 11) is 0. The van der Waals surface area contributed by atoms with Crippen LogP contribution in [0.25, 0.3) is 0 Å². The van der Waals surface area contributed by atoms with Crippen molar-refractivity contribution in [2.45, 2.75) is 46.1 Å². The van der Waals surface area contributed by atoms with Crippen LogP contribution in [0.2, 0.25) is 0 Å². The van der Waals surface area contributed by atoms with E-state index < -0.39 is 0 Å². The molecule has 3 nitrogen and oxygen atoms in total. The Kier molecular flexibility index (Phi) is 3.53. The molecule has 2 atom stereocenters. The molecule has 0 aliphatic heterocycles. The Labute approximate surface area is 86.4 Å². The topological polar surface area (TPSA) is 55.1 Å². The minimum Gasteiger partial charge on any atom is -0.353 e. The summed E-state index contributed by atoms with van der Waals surface area (Å²) in [4.78, 5) is 11.7. The van der Waals surface area contributed by atoms with Gasteiger partial charge in [-0.1, -0.05) is 20.8 Å². The van der Waals surface area contributed by atoms with Crippen molar-refractivity contribution < 1.29 is 4.79 Å². The fourth-order valence-electron chi connectivity index (χ4n) is 1.82. The van der Waals surface area contributed by atoms with Crippen LogP contribution in [-0.2, 0) is 4.79 Å². The maximum absolute atomic E-state index is 11.7. The SMILES string of the molecule is CC(C)(C)C(=O)N[C@@H]1CC[C@H](CN)C1. The van der Waals surface area contributed by atoms with Crippen molar-refractivity contribution in [1.82, 2.24) is 5.32 Å². The molecular weight excluding hydrogens is 176 g/mol. The van der Waals surface area contributed by atoms with Crippen LogP contribution in [0.3, 0.4) is 0 Å². The third kappa shape index (κ3) is 2.98. The number of carbonyl (C=O) groups excluding carboxylic acids is 1. The van der Waals surface area contributed by atoms with Gasteiger partial charge in [-0.25, -0.2) is 0 Å². The lowest BCUT2D eigenvalue weighted by atomic mass is 9.95. The van der Waals surface area contributed by atoms with Crippen molar-refractivity contribution in [3.8, 4) is 0 Å². The van der Waals surface area contributed by atoms with E-state index >= 15 is 0 Å². The number of nitrogens with one attached hydrogen (secondary N) is 1. The maximum Gasteiger partial charge on any atom is 0.225 e. The molecule has 0 spiro atoms. The molecule has 0 aromatic carbocycles. The molecule has 0 unspecified atom stereocenters. The number of amides is 1. The number of nitrogens with two attached hydrogens (primary N) is 1. The molecule has 0 aromatic heterocycles. The van der Waals surface area contributed by atoms with Crippen LogP contribution in [-0.4, -0.2) is 18.5 Å². The van der Waals surface area contributed by atoms with Gasteiger partial charge in [0.05, 0.1) is 0 Å². The van der Waals surface area contributed by atoms with Crippen LogP contribution in [0, 0.1) is 11.3 Å². The van der Waals surface area contributed by atoms with E-state index in [9.17, 15) is 4.79 Å². The minimum atomic E-state index is -0.277. The van der Waals surface area contributed by atoms with E-state index in [1.807, 2.05) is 20.8 Å². The predicted octanol–water partition coefficient (Wildman–Crippen LogP) is 1.28. The van der Waals surface area contributed by atoms with Crippen LogP contribution in [0.5, 0.6) is 0 Å². The molecule has 1 fully saturated rings. The average molecular weight is 198 g/mol. The van der Waals surface area contributed by atoms with E-state index in [1.54, 1.807) is 0 Å². The molecule has 1 saturated carbocycles. The van der Waals surface area contributed by atoms with E-state index in [-0.39, 0.29) is 11.3 Å². The third-order valence-corrected chi connectivity index (χ3v) is 2.89. The van der Waals surface area contributed by atoms with Gasteiger partial charge in [0.25, 0.3) is 0 Å². The summed E-state index contributed by atoms with van der Waals surface area (Å²) in [6, 6.07) is 0.357. The smallest absolute Gasteiger partial charge is 0.225 e. The lowest BCUT2D eigenvalue weighted by Crippen LogP contribution is -2.40. The average Bonchev–Trinajstić information content (AvgIpc) is 2.50. The Bertz CT molecular complexity index is 208. The number of rotatable bonds is 2. The van der Waals surface area contributed by atoms with Crippen LogP contribution in [0.15, 0.2) is 0 Å². The summed E-state index contributed by atoms with van der Waals surface area (Å²) < 4.78 is 0. The highest BCUT2D eigenvalue weighted by atomic mass is 16.2. The minimum absolute atomic E-state index is 0.153. The van der Waals surface area contributed by atoms with Crippen molar-refractivity contribution in [2.24, 2.45) is 17.1 Å². The Morgan fingerprint density at radius 3 is 2.50 bits per heavy atom. The van der Waals surface area contributed by atoms with Gasteiger partial charge in [0, 0.05) is 11.5 Å². The zero-order valence-electron chi connectivity index (χ0n) is 9.47. The highest BCUT2D eigenvalue weighted by Gasteiger charge is 2.28. The molecule has 0 heterocycles. The summed E-state index contributed by atoms with van der Waals surface area (Å²) in [5, 5.41) is 3.09. The molecule has 0 aromatic rings. The van der Waals surface area contributed by atoms with Crippen molar-refractivity contribution in [1.29, 1.82) is 0 Å². The second-order valence-electron chi connectivity index (χ2n) is 5.34. The molecule has 0 bridgehead atoms. The van der Waals surface area contributed by atoms with Gasteiger partial charge >= 0.3 is 0 Å². The second kappa shape index (κ2) is 4.30. The normalized spacial score (nSPS) is 27.7. The zero-order chi connectivity index (χ0) is 10.8. The Morgan fingerprint density at radius 2 is 2.07 bits per heavy atom. The molecular formula is C11H22N2O. The van der Waals surface area contributed by atoms with Crippen LogP contribution in [0.1, 0.15) is 40.0 Å². The molecule has 1 rings (SSSR count). The molecule has 14 heavy (non-hydrogen) atoms. The molecule has 1 aliphatic carbocycles. The van der Waals surface area contributed by atoms with E-state index in [2.05, 4.69) is 5.32 Å². The van der Waals surface area contributed by atoms with Gasteiger partial charge in [-0.15, -0.1) is 0 Å². The first kappa shape index (κ1) is 11.5. The van der Waals surface area contributed by atoms with Gasteiger partial charge in [-0.3, -0.25) is 4.79 Å². The molecule has 82 valence electrons. The molecule has 1 aliphatic rings. The van der Waals surface area contributed by atoms with Crippen molar-refractivity contribution >= 4 is 5.91 Å². The molecule has 0 saturated heterocycles. The largest absolute Gasteiger partial charge is 0.353 e. The van der Waals surface area contributed by atoms with E-state index in [1.165, 1.54) is 0 Å². The van der Waals surface area contributed by atoms with Gasteiger partial charge in [0.2, 0.25) is 5.91 Å². The quantitative estimate of drug-likeness (QED) is 0.702. The van der Waals surface area contributed by atoms with Crippen molar-refractivity contribution in [3.63, 3.8) is 0 Å². The first-order chi connectivity index (χ1) is 6.43. The third-order valence-electron chi connectivity index (χ3n) is 2.89. The first-order valence-electron chi connectivity index (χ1n) is 5.44. The Hall–Kier alpha value is -0.570. The summed E-state index contributed by atoms with van der Waals surface area (Å²) >= 11 is 0. The highest BCUT2D eigenvalue weighted by molar-refractivity contribution is 5.81. The standard InChI is InChI=1S/C11H22N2O/c1-11(2,3)10(14)13-9-5-4-8(6-9)7-12/h8-9H,4-7,12H2,1-3H3,(H,13,14)/t8-,9+/m0/s1. The van der Waals surface area contributed by atoms with Gasteiger partial charge in [-0.2, -0.15) is 0 Å². The number of hydrogen-bond donors (Lipinski definition) is 2. The molecule has 0 radical (unpaired) electrons. The lowest BCUT2D eigenvalue weighted by Gasteiger charge is -2.21.